The van der Waals surface area contributed by atoms with Crippen molar-refractivity contribution in [3.63, 3.8) is 0 Å². The minimum atomic E-state index is 0. The Labute approximate surface area is 179 Å². The second-order valence-corrected chi connectivity index (χ2v) is 6.28. The Balaban J connectivity index is 0.00000625. The van der Waals surface area contributed by atoms with Gasteiger partial charge in [0.15, 0.2) is 5.96 Å². The molecule has 0 fully saturated rings. The Morgan fingerprint density at radius 2 is 1.81 bits per heavy atom. The van der Waals surface area contributed by atoms with Gasteiger partial charge in [0.25, 0.3) is 0 Å². The lowest BCUT2D eigenvalue weighted by Crippen LogP contribution is -2.41. The maximum Gasteiger partial charge on any atom is 0.193 e. The molecule has 8 heteroatoms. The standard InChI is InChI=1S/C18H31ClN4O2.HI/c1-20-18(21-10-5-11-22(2)12-14-24-4)23(3)13-15-25-17-8-6-16(19)7-9-17;/h6-9H,5,10-15H2,1-4H3,(H,20,21);1H. The lowest BCUT2D eigenvalue weighted by atomic mass is 10.3. The van der Waals surface area contributed by atoms with E-state index < -0.39 is 0 Å². The van der Waals surface area contributed by atoms with Crippen LogP contribution in [0.4, 0.5) is 0 Å². The van der Waals surface area contributed by atoms with Gasteiger partial charge in [0.1, 0.15) is 12.4 Å². The van der Waals surface area contributed by atoms with E-state index in [9.17, 15) is 0 Å². The number of likely N-dealkylation sites (N-methyl/N-ethyl adjacent to an activating group) is 2. The van der Waals surface area contributed by atoms with Gasteiger partial charge in [0.05, 0.1) is 13.2 Å². The average molecular weight is 499 g/mol. The van der Waals surface area contributed by atoms with Crippen LogP contribution in [0, 0.1) is 0 Å². The van der Waals surface area contributed by atoms with E-state index in [1.165, 1.54) is 0 Å². The molecule has 1 rings (SSSR count). The van der Waals surface area contributed by atoms with E-state index in [0.717, 1.165) is 50.9 Å². The predicted molar refractivity (Wildman–Crippen MR) is 120 cm³/mol. The number of methoxy groups -OCH3 is 1. The summed E-state index contributed by atoms with van der Waals surface area (Å²) in [6, 6.07) is 7.39. The molecule has 1 aromatic rings. The Kier molecular flexibility index (Phi) is 14.9. The number of benzene rings is 1. The van der Waals surface area contributed by atoms with Crippen LogP contribution in [0.3, 0.4) is 0 Å². The van der Waals surface area contributed by atoms with Crippen LogP contribution < -0.4 is 10.1 Å². The first kappa shape index (κ1) is 25.2. The first-order valence-corrected chi connectivity index (χ1v) is 8.92. The third kappa shape index (κ3) is 11.1. The van der Waals surface area contributed by atoms with Crippen LogP contribution in [0.25, 0.3) is 0 Å². The summed E-state index contributed by atoms with van der Waals surface area (Å²) in [6.45, 7) is 4.95. The quantitative estimate of drug-likeness (QED) is 0.220. The SMILES string of the molecule is CN=C(NCCCN(C)CCOC)N(C)CCOc1ccc(Cl)cc1.I. The predicted octanol–water partition coefficient (Wildman–Crippen LogP) is 2.81. The molecule has 6 nitrogen and oxygen atoms in total. The van der Waals surface area contributed by atoms with Crippen LogP contribution >= 0.6 is 35.6 Å². The number of nitrogens with zero attached hydrogens (tertiary/aromatic N) is 3. The van der Waals surface area contributed by atoms with E-state index in [4.69, 9.17) is 21.1 Å². The maximum atomic E-state index is 5.86. The van der Waals surface area contributed by atoms with Gasteiger partial charge in [0.2, 0.25) is 0 Å². The summed E-state index contributed by atoms with van der Waals surface area (Å²) in [5.74, 6) is 1.69. The van der Waals surface area contributed by atoms with Crippen LogP contribution in [-0.4, -0.2) is 83.4 Å². The van der Waals surface area contributed by atoms with E-state index in [1.807, 2.05) is 31.3 Å². The number of guanidine groups is 1. The smallest absolute Gasteiger partial charge is 0.193 e. The zero-order valence-corrected chi connectivity index (χ0v) is 19.3. The van der Waals surface area contributed by atoms with Crippen molar-refractivity contribution in [2.24, 2.45) is 4.99 Å². The Morgan fingerprint density at radius 1 is 1.12 bits per heavy atom. The fourth-order valence-corrected chi connectivity index (χ4v) is 2.36. The zero-order chi connectivity index (χ0) is 18.5. The van der Waals surface area contributed by atoms with E-state index in [-0.39, 0.29) is 24.0 Å². The lowest BCUT2D eigenvalue weighted by molar-refractivity contribution is 0.161. The molecule has 0 heterocycles. The normalized spacial score (nSPS) is 11.2. The third-order valence-corrected chi connectivity index (χ3v) is 4.01. The minimum Gasteiger partial charge on any atom is -0.492 e. The van der Waals surface area contributed by atoms with E-state index in [1.54, 1.807) is 14.2 Å². The molecule has 0 radical (unpaired) electrons. The third-order valence-electron chi connectivity index (χ3n) is 3.76. The first-order valence-electron chi connectivity index (χ1n) is 8.54. The molecule has 0 aliphatic heterocycles. The van der Waals surface area contributed by atoms with Crippen LogP contribution in [0.1, 0.15) is 6.42 Å². The van der Waals surface area contributed by atoms with E-state index in [0.29, 0.717) is 11.6 Å². The molecule has 1 aromatic carbocycles. The number of hydrogen-bond acceptors (Lipinski definition) is 4. The number of aliphatic imine (C=N–C) groups is 1. The number of ether oxygens (including phenoxy) is 2. The number of halogens is 2. The number of nitrogens with one attached hydrogen (secondary N) is 1. The highest BCUT2D eigenvalue weighted by molar-refractivity contribution is 14.0. The summed E-state index contributed by atoms with van der Waals surface area (Å²) in [4.78, 5) is 8.64. The second kappa shape index (κ2) is 15.3. The van der Waals surface area contributed by atoms with Gasteiger partial charge in [-0.25, -0.2) is 0 Å². The number of rotatable bonds is 11. The van der Waals surface area contributed by atoms with Crippen molar-refractivity contribution in [2.45, 2.75) is 6.42 Å². The summed E-state index contributed by atoms with van der Waals surface area (Å²) < 4.78 is 10.8. The van der Waals surface area contributed by atoms with Gasteiger partial charge >= 0.3 is 0 Å². The Morgan fingerprint density at radius 3 is 2.42 bits per heavy atom. The van der Waals surface area contributed by atoms with Crippen LogP contribution in [-0.2, 0) is 4.74 Å². The molecular formula is C18H32ClIN4O2. The topological polar surface area (TPSA) is 49.3 Å². The largest absolute Gasteiger partial charge is 0.492 e. The molecule has 0 amide bonds. The molecule has 0 aliphatic rings. The van der Waals surface area contributed by atoms with Crippen LogP contribution in [0.15, 0.2) is 29.3 Å². The fraction of sp³-hybridized carbons (Fsp3) is 0.611. The highest BCUT2D eigenvalue weighted by Gasteiger charge is 2.06. The number of hydrogen-bond donors (Lipinski definition) is 1. The highest BCUT2D eigenvalue weighted by atomic mass is 127. The molecule has 0 saturated carbocycles. The molecule has 0 unspecified atom stereocenters. The van der Waals surface area contributed by atoms with Gasteiger partial charge in [-0.05, 0) is 44.3 Å². The van der Waals surface area contributed by atoms with Gasteiger partial charge in [-0.15, -0.1) is 24.0 Å². The van der Waals surface area contributed by atoms with Gasteiger partial charge < -0.3 is 24.6 Å². The molecule has 150 valence electrons. The lowest BCUT2D eigenvalue weighted by Gasteiger charge is -2.23. The summed E-state index contributed by atoms with van der Waals surface area (Å²) in [5.41, 5.74) is 0. The Bertz CT molecular complexity index is 502. The summed E-state index contributed by atoms with van der Waals surface area (Å²) in [5, 5.41) is 4.09. The molecule has 26 heavy (non-hydrogen) atoms. The summed E-state index contributed by atoms with van der Waals surface area (Å²) in [7, 11) is 7.63. The molecule has 0 spiro atoms. The van der Waals surface area contributed by atoms with Crippen molar-refractivity contribution in [1.29, 1.82) is 0 Å². The van der Waals surface area contributed by atoms with E-state index >= 15 is 0 Å². The molecule has 1 N–H and O–H groups in total. The van der Waals surface area contributed by atoms with Crippen LogP contribution in [0.2, 0.25) is 5.02 Å². The molecule has 0 aliphatic carbocycles. The van der Waals surface area contributed by atoms with Crippen molar-refractivity contribution in [1.82, 2.24) is 15.1 Å². The van der Waals surface area contributed by atoms with Crippen molar-refractivity contribution >= 4 is 41.5 Å². The Hall–Kier alpha value is -0.770. The molecule has 0 atom stereocenters. The average Bonchev–Trinajstić information content (AvgIpc) is 2.61. The van der Waals surface area contributed by atoms with Crippen LogP contribution in [0.5, 0.6) is 5.75 Å². The first-order chi connectivity index (χ1) is 12.1. The van der Waals surface area contributed by atoms with E-state index in [2.05, 4.69) is 27.2 Å². The maximum absolute atomic E-state index is 5.86. The molecular weight excluding hydrogens is 467 g/mol. The van der Waals surface area contributed by atoms with Crippen molar-refractivity contribution in [2.75, 3.05) is 67.6 Å². The monoisotopic (exact) mass is 498 g/mol. The molecule has 0 saturated heterocycles. The van der Waals surface area contributed by atoms with Crippen molar-refractivity contribution in [3.8, 4) is 5.75 Å². The van der Waals surface area contributed by atoms with Crippen molar-refractivity contribution < 1.29 is 9.47 Å². The molecule has 0 bridgehead atoms. The van der Waals surface area contributed by atoms with Gasteiger partial charge in [-0.2, -0.15) is 0 Å². The highest BCUT2D eigenvalue weighted by Crippen LogP contribution is 2.15. The van der Waals surface area contributed by atoms with Gasteiger partial charge in [0, 0.05) is 39.3 Å². The zero-order valence-electron chi connectivity index (χ0n) is 16.2. The van der Waals surface area contributed by atoms with Gasteiger partial charge in [-0.3, -0.25) is 4.99 Å². The van der Waals surface area contributed by atoms with Crippen molar-refractivity contribution in [3.05, 3.63) is 29.3 Å². The molecule has 0 aromatic heterocycles. The minimum absolute atomic E-state index is 0. The fourth-order valence-electron chi connectivity index (χ4n) is 2.23. The summed E-state index contributed by atoms with van der Waals surface area (Å²) >= 11 is 5.86. The van der Waals surface area contributed by atoms with Gasteiger partial charge in [-0.1, -0.05) is 11.6 Å². The second-order valence-electron chi connectivity index (χ2n) is 5.85. The summed E-state index contributed by atoms with van der Waals surface area (Å²) in [6.07, 6.45) is 1.05.